The molecule has 5 heteroatoms. The van der Waals surface area contributed by atoms with Crippen molar-refractivity contribution in [3.05, 3.63) is 65.2 Å². The van der Waals surface area contributed by atoms with E-state index in [1.165, 1.54) is 18.2 Å². The summed E-state index contributed by atoms with van der Waals surface area (Å²) in [6.45, 7) is 2.45. The Kier molecular flexibility index (Phi) is 3.64. The fourth-order valence-electron chi connectivity index (χ4n) is 3.25. The molecule has 2 heterocycles. The van der Waals surface area contributed by atoms with Crippen molar-refractivity contribution >= 4 is 28.3 Å². The van der Waals surface area contributed by atoms with Crippen LogP contribution in [0.2, 0.25) is 0 Å². The molecule has 0 spiro atoms. The number of carbonyl (C=O) groups is 2. The molecular formula is C20H16FNO3. The van der Waals surface area contributed by atoms with Gasteiger partial charge in [-0.15, -0.1) is 0 Å². The van der Waals surface area contributed by atoms with E-state index in [9.17, 15) is 14.0 Å². The molecule has 25 heavy (non-hydrogen) atoms. The number of amides is 1. The van der Waals surface area contributed by atoms with Crippen LogP contribution in [-0.4, -0.2) is 18.2 Å². The maximum atomic E-state index is 13.4. The Bertz CT molecular complexity index is 988. The number of hydrogen-bond acceptors (Lipinski definition) is 3. The molecule has 4 rings (SSSR count). The maximum absolute atomic E-state index is 13.4. The molecule has 0 radical (unpaired) electrons. The zero-order valence-corrected chi connectivity index (χ0v) is 13.7. The predicted molar refractivity (Wildman–Crippen MR) is 92.4 cm³/mol. The van der Waals surface area contributed by atoms with Crippen molar-refractivity contribution in [1.29, 1.82) is 0 Å². The van der Waals surface area contributed by atoms with Gasteiger partial charge in [-0.3, -0.25) is 9.59 Å². The van der Waals surface area contributed by atoms with Gasteiger partial charge in [0.2, 0.25) is 11.7 Å². The summed E-state index contributed by atoms with van der Waals surface area (Å²) >= 11 is 0. The number of aryl methyl sites for hydroxylation is 1. The van der Waals surface area contributed by atoms with Gasteiger partial charge in [0.1, 0.15) is 11.4 Å². The van der Waals surface area contributed by atoms with Gasteiger partial charge in [-0.1, -0.05) is 0 Å². The zero-order chi connectivity index (χ0) is 17.6. The van der Waals surface area contributed by atoms with Gasteiger partial charge in [-0.25, -0.2) is 4.39 Å². The highest BCUT2D eigenvalue weighted by atomic mass is 19.1. The summed E-state index contributed by atoms with van der Waals surface area (Å²) in [5.74, 6) is -0.303. The number of fused-ring (bicyclic) bond motifs is 1. The van der Waals surface area contributed by atoms with Gasteiger partial charge in [0, 0.05) is 35.2 Å². The van der Waals surface area contributed by atoms with Crippen molar-refractivity contribution in [3.63, 3.8) is 0 Å². The van der Waals surface area contributed by atoms with E-state index in [0.29, 0.717) is 35.1 Å². The highest BCUT2D eigenvalue weighted by molar-refractivity contribution is 6.10. The lowest BCUT2D eigenvalue weighted by Crippen LogP contribution is -2.23. The van der Waals surface area contributed by atoms with Crippen LogP contribution >= 0.6 is 0 Å². The second kappa shape index (κ2) is 5.84. The largest absolute Gasteiger partial charge is 0.452 e. The van der Waals surface area contributed by atoms with E-state index in [1.54, 1.807) is 36.1 Å². The lowest BCUT2D eigenvalue weighted by atomic mass is 10.0. The number of halogens is 1. The summed E-state index contributed by atoms with van der Waals surface area (Å²) in [6.07, 6.45) is 1.42. The molecule has 0 bridgehead atoms. The lowest BCUT2D eigenvalue weighted by Gasteiger charge is -2.15. The second-order valence-electron chi connectivity index (χ2n) is 6.22. The molecule has 0 N–H and O–H groups in total. The van der Waals surface area contributed by atoms with Gasteiger partial charge in [-0.05, 0) is 55.8 Å². The highest BCUT2D eigenvalue weighted by Gasteiger charge is 2.23. The quantitative estimate of drug-likeness (QED) is 0.672. The standard InChI is InChI=1S/C20H16FNO3/c1-12-16-11-14(21)6-9-17(16)25-20(12)19(24)13-4-7-15(8-5-13)22-10-2-3-18(22)23/h4-9,11H,2-3,10H2,1H3. The molecule has 0 atom stereocenters. The third kappa shape index (κ3) is 2.61. The summed E-state index contributed by atoms with van der Waals surface area (Å²) in [5, 5.41) is 0.600. The van der Waals surface area contributed by atoms with Gasteiger partial charge >= 0.3 is 0 Å². The van der Waals surface area contributed by atoms with Crippen LogP contribution in [0, 0.1) is 12.7 Å². The van der Waals surface area contributed by atoms with Crippen LogP contribution in [-0.2, 0) is 4.79 Å². The minimum Gasteiger partial charge on any atom is -0.452 e. The number of rotatable bonds is 3. The Balaban J connectivity index is 1.67. The molecule has 1 saturated heterocycles. The molecule has 2 aromatic carbocycles. The Morgan fingerprint density at radius 2 is 1.92 bits per heavy atom. The van der Waals surface area contributed by atoms with Gasteiger partial charge in [0.05, 0.1) is 0 Å². The van der Waals surface area contributed by atoms with Gasteiger partial charge in [0.15, 0.2) is 5.76 Å². The average Bonchev–Trinajstić information content (AvgIpc) is 3.18. The van der Waals surface area contributed by atoms with Crippen molar-refractivity contribution in [3.8, 4) is 0 Å². The van der Waals surface area contributed by atoms with Crippen LogP contribution in [0.3, 0.4) is 0 Å². The van der Waals surface area contributed by atoms with Crippen molar-refractivity contribution in [2.75, 3.05) is 11.4 Å². The lowest BCUT2D eigenvalue weighted by molar-refractivity contribution is -0.117. The van der Waals surface area contributed by atoms with E-state index in [4.69, 9.17) is 4.42 Å². The topological polar surface area (TPSA) is 50.5 Å². The molecule has 3 aromatic rings. The molecule has 1 fully saturated rings. The molecule has 1 aliphatic rings. The molecule has 0 unspecified atom stereocenters. The fraction of sp³-hybridized carbons (Fsp3) is 0.200. The molecule has 0 saturated carbocycles. The third-order valence-corrected chi connectivity index (χ3v) is 4.62. The summed E-state index contributed by atoms with van der Waals surface area (Å²) in [4.78, 5) is 26.3. The van der Waals surface area contributed by atoms with E-state index in [2.05, 4.69) is 0 Å². The number of anilines is 1. The first kappa shape index (κ1) is 15.6. The predicted octanol–water partition coefficient (Wildman–Crippen LogP) is 4.24. The first-order valence-corrected chi connectivity index (χ1v) is 8.18. The van der Waals surface area contributed by atoms with E-state index in [1.807, 2.05) is 0 Å². The van der Waals surface area contributed by atoms with Crippen LogP contribution < -0.4 is 4.90 Å². The van der Waals surface area contributed by atoms with Gasteiger partial charge < -0.3 is 9.32 Å². The SMILES string of the molecule is Cc1c(C(=O)c2ccc(N3CCCC3=O)cc2)oc2ccc(F)cc12. The summed E-state index contributed by atoms with van der Waals surface area (Å²) in [7, 11) is 0. The van der Waals surface area contributed by atoms with E-state index in [-0.39, 0.29) is 23.3 Å². The summed E-state index contributed by atoms with van der Waals surface area (Å²) < 4.78 is 19.1. The zero-order valence-electron chi connectivity index (χ0n) is 13.7. The van der Waals surface area contributed by atoms with Crippen LogP contribution in [0.4, 0.5) is 10.1 Å². The first-order valence-electron chi connectivity index (χ1n) is 8.18. The Morgan fingerprint density at radius 1 is 1.16 bits per heavy atom. The number of benzene rings is 2. The molecule has 1 aromatic heterocycles. The smallest absolute Gasteiger partial charge is 0.228 e. The molecule has 1 aliphatic heterocycles. The van der Waals surface area contributed by atoms with Gasteiger partial charge in [0.25, 0.3) is 0 Å². The van der Waals surface area contributed by atoms with Crippen LogP contribution in [0.25, 0.3) is 11.0 Å². The van der Waals surface area contributed by atoms with E-state index < -0.39 is 0 Å². The minimum absolute atomic E-state index is 0.106. The Hall–Kier alpha value is -2.95. The molecule has 126 valence electrons. The van der Waals surface area contributed by atoms with Crippen LogP contribution in [0.5, 0.6) is 0 Å². The molecule has 0 aliphatic carbocycles. The van der Waals surface area contributed by atoms with Crippen molar-refractivity contribution < 1.29 is 18.4 Å². The van der Waals surface area contributed by atoms with Crippen molar-refractivity contribution in [2.24, 2.45) is 0 Å². The second-order valence-corrected chi connectivity index (χ2v) is 6.22. The molecule has 4 nitrogen and oxygen atoms in total. The van der Waals surface area contributed by atoms with E-state index >= 15 is 0 Å². The van der Waals surface area contributed by atoms with E-state index in [0.717, 1.165) is 12.1 Å². The monoisotopic (exact) mass is 337 g/mol. The van der Waals surface area contributed by atoms with Crippen molar-refractivity contribution in [1.82, 2.24) is 0 Å². The number of hydrogen-bond donors (Lipinski definition) is 0. The Morgan fingerprint density at radius 3 is 2.60 bits per heavy atom. The summed E-state index contributed by atoms with van der Waals surface area (Å²) in [6, 6.07) is 11.1. The highest BCUT2D eigenvalue weighted by Crippen LogP contribution is 2.28. The number of furan rings is 1. The first-order chi connectivity index (χ1) is 12.0. The minimum atomic E-state index is -0.366. The molecule has 1 amide bonds. The molecular weight excluding hydrogens is 321 g/mol. The number of ketones is 1. The number of carbonyl (C=O) groups excluding carboxylic acids is 2. The third-order valence-electron chi connectivity index (χ3n) is 4.62. The number of nitrogens with zero attached hydrogens (tertiary/aromatic N) is 1. The maximum Gasteiger partial charge on any atom is 0.228 e. The van der Waals surface area contributed by atoms with Gasteiger partial charge in [-0.2, -0.15) is 0 Å². The average molecular weight is 337 g/mol. The van der Waals surface area contributed by atoms with Crippen LogP contribution in [0.1, 0.15) is 34.5 Å². The van der Waals surface area contributed by atoms with Crippen molar-refractivity contribution in [2.45, 2.75) is 19.8 Å². The normalized spacial score (nSPS) is 14.5. The summed E-state index contributed by atoms with van der Waals surface area (Å²) in [5.41, 5.74) is 2.38. The van der Waals surface area contributed by atoms with Crippen LogP contribution in [0.15, 0.2) is 46.9 Å². The Labute approximate surface area is 143 Å². The fourth-order valence-corrected chi connectivity index (χ4v) is 3.25.